The summed E-state index contributed by atoms with van der Waals surface area (Å²) in [4.78, 5) is 0. The zero-order valence-electron chi connectivity index (χ0n) is 10.6. The second-order valence-corrected chi connectivity index (χ2v) is 4.17. The third-order valence-electron chi connectivity index (χ3n) is 2.79. The number of benzene rings is 1. The van der Waals surface area contributed by atoms with Crippen LogP contribution in [0, 0.1) is 6.92 Å². The van der Waals surface area contributed by atoms with Crippen LogP contribution in [-0.2, 0) is 10.9 Å². The molecule has 1 aromatic carbocycles. The minimum atomic E-state index is -4.36. The Morgan fingerprint density at radius 2 is 1.94 bits per heavy atom. The van der Waals surface area contributed by atoms with E-state index in [0.717, 1.165) is 12.1 Å². The van der Waals surface area contributed by atoms with E-state index in [9.17, 15) is 18.3 Å². The fraction of sp³-hybridized carbons (Fsp3) is 0.538. The van der Waals surface area contributed by atoms with Gasteiger partial charge in [-0.2, -0.15) is 13.2 Å². The zero-order valence-corrected chi connectivity index (χ0v) is 10.6. The lowest BCUT2D eigenvalue weighted by molar-refractivity contribution is -0.137. The van der Waals surface area contributed by atoms with Crippen LogP contribution in [0.1, 0.15) is 36.6 Å². The molecule has 0 aromatic heterocycles. The molecule has 0 fully saturated rings. The number of halogens is 3. The van der Waals surface area contributed by atoms with E-state index in [2.05, 4.69) is 0 Å². The zero-order chi connectivity index (χ0) is 13.9. The molecule has 0 aliphatic heterocycles. The number of aliphatic hydroxyl groups is 1. The molecule has 2 atom stereocenters. The largest absolute Gasteiger partial charge is 0.416 e. The third kappa shape index (κ3) is 3.46. The van der Waals surface area contributed by atoms with Gasteiger partial charge in [0.25, 0.3) is 0 Å². The smallest absolute Gasteiger partial charge is 0.386 e. The van der Waals surface area contributed by atoms with E-state index in [1.807, 2.05) is 0 Å². The van der Waals surface area contributed by atoms with Gasteiger partial charge in [-0.05, 0) is 44.0 Å². The average molecular weight is 262 g/mol. The van der Waals surface area contributed by atoms with E-state index in [4.69, 9.17) is 4.74 Å². The van der Waals surface area contributed by atoms with Crippen LogP contribution >= 0.6 is 0 Å². The van der Waals surface area contributed by atoms with Crippen LogP contribution in [0.15, 0.2) is 18.2 Å². The first-order valence-corrected chi connectivity index (χ1v) is 5.74. The third-order valence-corrected chi connectivity index (χ3v) is 2.79. The maximum absolute atomic E-state index is 12.5. The molecule has 0 amide bonds. The molecule has 0 saturated heterocycles. The van der Waals surface area contributed by atoms with Crippen molar-refractivity contribution in [3.05, 3.63) is 34.9 Å². The second kappa shape index (κ2) is 5.71. The van der Waals surface area contributed by atoms with Crippen molar-refractivity contribution in [3.63, 3.8) is 0 Å². The Morgan fingerprint density at radius 3 is 2.39 bits per heavy atom. The molecular weight excluding hydrogens is 245 g/mol. The molecule has 1 aromatic rings. The van der Waals surface area contributed by atoms with Crippen molar-refractivity contribution in [1.29, 1.82) is 0 Å². The van der Waals surface area contributed by atoms with Crippen LogP contribution in [-0.4, -0.2) is 17.8 Å². The van der Waals surface area contributed by atoms with Crippen LogP contribution in [0.4, 0.5) is 13.2 Å². The molecule has 0 saturated carbocycles. The molecule has 2 unspecified atom stereocenters. The van der Waals surface area contributed by atoms with Gasteiger partial charge in [-0.25, -0.2) is 0 Å². The fourth-order valence-corrected chi connectivity index (χ4v) is 1.79. The monoisotopic (exact) mass is 262 g/mol. The van der Waals surface area contributed by atoms with Gasteiger partial charge >= 0.3 is 6.18 Å². The quantitative estimate of drug-likeness (QED) is 0.900. The van der Waals surface area contributed by atoms with Crippen molar-refractivity contribution < 1.29 is 23.0 Å². The molecule has 0 aliphatic carbocycles. The number of aryl methyl sites for hydroxylation is 1. The summed E-state index contributed by atoms with van der Waals surface area (Å²) in [6.45, 7) is 5.47. The predicted molar refractivity (Wildman–Crippen MR) is 62.2 cm³/mol. The van der Waals surface area contributed by atoms with Gasteiger partial charge < -0.3 is 9.84 Å². The normalized spacial score (nSPS) is 15.5. The van der Waals surface area contributed by atoms with E-state index in [1.54, 1.807) is 20.8 Å². The van der Waals surface area contributed by atoms with E-state index in [-0.39, 0.29) is 0 Å². The van der Waals surface area contributed by atoms with Crippen molar-refractivity contribution in [1.82, 2.24) is 0 Å². The van der Waals surface area contributed by atoms with E-state index in [1.165, 1.54) is 6.07 Å². The maximum Gasteiger partial charge on any atom is 0.416 e. The van der Waals surface area contributed by atoms with Gasteiger partial charge in [0.15, 0.2) is 0 Å². The predicted octanol–water partition coefficient (Wildman–Crippen LogP) is 3.47. The topological polar surface area (TPSA) is 29.5 Å². The van der Waals surface area contributed by atoms with Crippen molar-refractivity contribution in [3.8, 4) is 0 Å². The molecule has 1 rings (SSSR count). The molecule has 0 spiro atoms. The standard InChI is InChI=1S/C13H17F3O2/c1-4-18-9(3)12(17)11-6-5-10(7-8(11)2)13(14,15)16/h5-7,9,12,17H,4H2,1-3H3. The molecule has 102 valence electrons. The SMILES string of the molecule is CCOC(C)C(O)c1ccc(C(F)(F)F)cc1C. The Morgan fingerprint density at radius 1 is 1.33 bits per heavy atom. The maximum atomic E-state index is 12.5. The second-order valence-electron chi connectivity index (χ2n) is 4.17. The molecular formula is C13H17F3O2. The number of hydrogen-bond acceptors (Lipinski definition) is 2. The Kier molecular flexibility index (Phi) is 4.76. The molecule has 5 heteroatoms. The van der Waals surface area contributed by atoms with Crippen LogP contribution in [0.5, 0.6) is 0 Å². The van der Waals surface area contributed by atoms with Crippen LogP contribution in [0.2, 0.25) is 0 Å². The highest BCUT2D eigenvalue weighted by Gasteiger charge is 2.31. The molecule has 1 N–H and O–H groups in total. The molecule has 18 heavy (non-hydrogen) atoms. The van der Waals surface area contributed by atoms with E-state index >= 15 is 0 Å². The lowest BCUT2D eigenvalue weighted by Gasteiger charge is -2.21. The Balaban J connectivity index is 2.99. The lowest BCUT2D eigenvalue weighted by Crippen LogP contribution is -2.19. The first-order valence-electron chi connectivity index (χ1n) is 5.74. The summed E-state index contributed by atoms with van der Waals surface area (Å²) in [7, 11) is 0. The Bertz CT molecular complexity index is 402. The number of hydrogen-bond donors (Lipinski definition) is 1. The summed E-state index contributed by atoms with van der Waals surface area (Å²) in [5, 5.41) is 9.99. The van der Waals surface area contributed by atoms with Gasteiger partial charge in [0.2, 0.25) is 0 Å². The van der Waals surface area contributed by atoms with Gasteiger partial charge in [0.05, 0.1) is 11.7 Å². The summed E-state index contributed by atoms with van der Waals surface area (Å²) < 4.78 is 42.7. The van der Waals surface area contributed by atoms with E-state index < -0.39 is 23.9 Å². The summed E-state index contributed by atoms with van der Waals surface area (Å²) in [6, 6.07) is 3.32. The van der Waals surface area contributed by atoms with Crippen molar-refractivity contribution in [2.45, 2.75) is 39.2 Å². The Labute approximate surface area is 104 Å². The minimum Gasteiger partial charge on any atom is -0.386 e. The molecule has 0 radical (unpaired) electrons. The number of ether oxygens (including phenoxy) is 1. The van der Waals surface area contributed by atoms with Crippen LogP contribution in [0.25, 0.3) is 0 Å². The number of alkyl halides is 3. The van der Waals surface area contributed by atoms with Gasteiger partial charge in [0.1, 0.15) is 6.10 Å². The van der Waals surface area contributed by atoms with Crippen molar-refractivity contribution >= 4 is 0 Å². The van der Waals surface area contributed by atoms with E-state index in [0.29, 0.717) is 17.7 Å². The molecule has 2 nitrogen and oxygen atoms in total. The fourth-order valence-electron chi connectivity index (χ4n) is 1.79. The van der Waals surface area contributed by atoms with Gasteiger partial charge in [-0.15, -0.1) is 0 Å². The van der Waals surface area contributed by atoms with Gasteiger partial charge in [-0.1, -0.05) is 6.07 Å². The van der Waals surface area contributed by atoms with Crippen LogP contribution < -0.4 is 0 Å². The van der Waals surface area contributed by atoms with Gasteiger partial charge in [0, 0.05) is 6.61 Å². The molecule has 0 bridgehead atoms. The first-order chi connectivity index (χ1) is 8.27. The highest BCUT2D eigenvalue weighted by atomic mass is 19.4. The molecule has 0 aliphatic rings. The highest BCUT2D eigenvalue weighted by Crippen LogP contribution is 2.32. The summed E-state index contributed by atoms with van der Waals surface area (Å²) >= 11 is 0. The minimum absolute atomic E-state index is 0.406. The summed E-state index contributed by atoms with van der Waals surface area (Å²) in [6.07, 6.45) is -5.74. The summed E-state index contributed by atoms with van der Waals surface area (Å²) in [5.74, 6) is 0. The lowest BCUT2D eigenvalue weighted by atomic mass is 9.98. The van der Waals surface area contributed by atoms with Crippen molar-refractivity contribution in [2.24, 2.45) is 0 Å². The Hall–Kier alpha value is -1.07. The van der Waals surface area contributed by atoms with Crippen molar-refractivity contribution in [2.75, 3.05) is 6.61 Å². The summed E-state index contributed by atoms with van der Waals surface area (Å²) in [5.41, 5.74) is 0.160. The number of rotatable bonds is 4. The van der Waals surface area contributed by atoms with Crippen LogP contribution in [0.3, 0.4) is 0 Å². The highest BCUT2D eigenvalue weighted by molar-refractivity contribution is 5.34. The first kappa shape index (κ1) is 15.0. The van der Waals surface area contributed by atoms with Gasteiger partial charge in [-0.3, -0.25) is 0 Å². The number of aliphatic hydroxyl groups excluding tert-OH is 1. The average Bonchev–Trinajstić information content (AvgIpc) is 2.27. The molecule has 0 heterocycles.